The van der Waals surface area contributed by atoms with Gasteiger partial charge in [-0.15, -0.1) is 11.3 Å². The normalized spacial score (nSPS) is 13.4. The first-order valence-corrected chi connectivity index (χ1v) is 9.83. The summed E-state index contributed by atoms with van der Waals surface area (Å²) in [6.45, 7) is 1.30. The molecule has 0 fully saturated rings. The second-order valence-electron chi connectivity index (χ2n) is 6.57. The van der Waals surface area contributed by atoms with Crippen LogP contribution in [0.3, 0.4) is 0 Å². The lowest BCUT2D eigenvalue weighted by Gasteiger charge is -2.26. The summed E-state index contributed by atoms with van der Waals surface area (Å²) in [4.78, 5) is 29.7. The molecule has 1 aliphatic rings. The minimum Gasteiger partial charge on any atom is -0.457 e. The van der Waals surface area contributed by atoms with Gasteiger partial charge < -0.3 is 9.47 Å². The van der Waals surface area contributed by atoms with Crippen LogP contribution in [0.15, 0.2) is 53.9 Å². The second-order valence-corrected chi connectivity index (χ2v) is 7.46. The minimum atomic E-state index is -1.05. The zero-order valence-corrected chi connectivity index (χ0v) is 16.3. The van der Waals surface area contributed by atoms with Crippen molar-refractivity contribution in [2.24, 2.45) is 0 Å². The number of aryl methyl sites for hydroxylation is 1. The van der Waals surface area contributed by atoms with Crippen molar-refractivity contribution in [3.63, 3.8) is 0 Å². The van der Waals surface area contributed by atoms with E-state index in [1.807, 2.05) is 30.3 Å². The van der Waals surface area contributed by atoms with Crippen molar-refractivity contribution in [2.45, 2.75) is 18.8 Å². The van der Waals surface area contributed by atoms with Gasteiger partial charge in [-0.2, -0.15) is 5.26 Å². The average molecular weight is 404 g/mol. The highest BCUT2D eigenvalue weighted by molar-refractivity contribution is 7.09. The van der Waals surface area contributed by atoms with Gasteiger partial charge in [0.2, 0.25) is 0 Å². The highest BCUT2D eigenvalue weighted by atomic mass is 32.1. The Morgan fingerprint density at radius 1 is 1.17 bits per heavy atom. The van der Waals surface area contributed by atoms with E-state index in [4.69, 9.17) is 9.47 Å². The van der Waals surface area contributed by atoms with Crippen molar-refractivity contribution < 1.29 is 19.1 Å². The topological polar surface area (TPSA) is 89.3 Å². The molecular weight excluding hydrogens is 388 g/mol. The molecule has 3 aromatic rings. The van der Waals surface area contributed by atoms with E-state index in [1.54, 1.807) is 36.6 Å². The third-order valence-corrected chi connectivity index (χ3v) is 5.63. The quantitative estimate of drug-likeness (QED) is 0.595. The maximum Gasteiger partial charge on any atom is 0.318 e. The number of fused-ring (bicyclic) bond motifs is 2. The summed E-state index contributed by atoms with van der Waals surface area (Å²) in [6, 6.07) is 16.4. The smallest absolute Gasteiger partial charge is 0.318 e. The summed E-state index contributed by atoms with van der Waals surface area (Å²) >= 11 is 1.24. The Kier molecular flexibility index (Phi) is 5.10. The molecule has 4 rings (SSSR count). The SMILES string of the molecule is Cc1csc([C@@H](C#N)C(=O)COC(=O)C2c3ccccc3Oc3ccccc32)n1. The fraction of sp³-hybridized carbons (Fsp3) is 0.182. The number of thiazole rings is 1. The Morgan fingerprint density at radius 2 is 1.79 bits per heavy atom. The fourth-order valence-corrected chi connectivity index (χ4v) is 4.10. The molecule has 1 aliphatic heterocycles. The summed E-state index contributed by atoms with van der Waals surface area (Å²) in [7, 11) is 0. The Balaban J connectivity index is 1.55. The van der Waals surface area contributed by atoms with Gasteiger partial charge in [0.15, 0.2) is 18.3 Å². The van der Waals surface area contributed by atoms with Gasteiger partial charge in [0.1, 0.15) is 22.4 Å². The molecule has 0 saturated heterocycles. The number of nitrogens with zero attached hydrogens (tertiary/aromatic N) is 2. The first kappa shape index (κ1) is 18.8. The summed E-state index contributed by atoms with van der Waals surface area (Å²) in [5.74, 6) is -1.65. The van der Waals surface area contributed by atoms with Crippen molar-refractivity contribution in [1.82, 2.24) is 4.98 Å². The maximum atomic E-state index is 13.0. The zero-order chi connectivity index (χ0) is 20.4. The molecule has 2 heterocycles. The molecule has 0 radical (unpaired) electrons. The van der Waals surface area contributed by atoms with Crippen molar-refractivity contribution in [3.8, 4) is 17.6 Å². The molecule has 0 amide bonds. The number of rotatable bonds is 5. The predicted molar refractivity (Wildman–Crippen MR) is 106 cm³/mol. The van der Waals surface area contributed by atoms with Gasteiger partial charge in [-0.05, 0) is 19.1 Å². The van der Waals surface area contributed by atoms with Crippen LogP contribution in [0.1, 0.15) is 33.7 Å². The zero-order valence-electron chi connectivity index (χ0n) is 15.5. The Morgan fingerprint density at radius 3 is 2.34 bits per heavy atom. The van der Waals surface area contributed by atoms with Crippen LogP contribution in [0.25, 0.3) is 0 Å². The number of ether oxygens (including phenoxy) is 2. The van der Waals surface area contributed by atoms with Gasteiger partial charge in [-0.25, -0.2) is 4.98 Å². The van der Waals surface area contributed by atoms with Crippen LogP contribution < -0.4 is 4.74 Å². The van der Waals surface area contributed by atoms with Gasteiger partial charge in [0.25, 0.3) is 0 Å². The lowest BCUT2D eigenvalue weighted by molar-refractivity contribution is -0.148. The van der Waals surface area contributed by atoms with Crippen LogP contribution in [0.4, 0.5) is 0 Å². The van der Waals surface area contributed by atoms with Gasteiger partial charge >= 0.3 is 5.97 Å². The monoisotopic (exact) mass is 404 g/mol. The van der Waals surface area contributed by atoms with Gasteiger partial charge in [0.05, 0.1) is 6.07 Å². The number of esters is 1. The number of para-hydroxylation sites is 2. The molecule has 0 saturated carbocycles. The van der Waals surface area contributed by atoms with Crippen molar-refractivity contribution in [2.75, 3.05) is 6.61 Å². The van der Waals surface area contributed by atoms with E-state index in [9.17, 15) is 14.9 Å². The number of Topliss-reactive ketones (excluding diaryl/α,β-unsaturated/α-hetero) is 1. The third kappa shape index (κ3) is 3.62. The van der Waals surface area contributed by atoms with Crippen LogP contribution in [0.5, 0.6) is 11.5 Å². The molecule has 0 spiro atoms. The summed E-state index contributed by atoms with van der Waals surface area (Å²) in [5.41, 5.74) is 2.09. The Labute approximate surface area is 171 Å². The van der Waals surface area contributed by atoms with Crippen LogP contribution in [0.2, 0.25) is 0 Å². The molecule has 0 N–H and O–H groups in total. The molecule has 144 valence electrons. The lowest BCUT2D eigenvalue weighted by Crippen LogP contribution is -2.25. The molecule has 0 unspecified atom stereocenters. The highest BCUT2D eigenvalue weighted by Crippen LogP contribution is 2.44. The number of hydrogen-bond acceptors (Lipinski definition) is 7. The van der Waals surface area contributed by atoms with Crippen molar-refractivity contribution >= 4 is 23.1 Å². The van der Waals surface area contributed by atoms with E-state index in [0.29, 0.717) is 27.6 Å². The second kappa shape index (κ2) is 7.86. The molecule has 7 heteroatoms. The molecule has 6 nitrogen and oxygen atoms in total. The number of carbonyl (C=O) groups excluding carboxylic acids is 2. The van der Waals surface area contributed by atoms with Gasteiger partial charge in [-0.3, -0.25) is 9.59 Å². The number of nitriles is 1. The molecule has 0 aliphatic carbocycles. The van der Waals surface area contributed by atoms with Gasteiger partial charge in [0, 0.05) is 22.2 Å². The van der Waals surface area contributed by atoms with E-state index in [0.717, 1.165) is 5.69 Å². The average Bonchev–Trinajstić information content (AvgIpc) is 3.16. The van der Waals surface area contributed by atoms with Crippen LogP contribution in [-0.2, 0) is 14.3 Å². The number of ketones is 1. The van der Waals surface area contributed by atoms with Crippen molar-refractivity contribution in [1.29, 1.82) is 5.26 Å². The molecule has 0 bridgehead atoms. The lowest BCUT2D eigenvalue weighted by atomic mass is 9.88. The van der Waals surface area contributed by atoms with E-state index in [1.165, 1.54) is 11.3 Å². The molecule has 29 heavy (non-hydrogen) atoms. The van der Waals surface area contributed by atoms with Crippen molar-refractivity contribution in [3.05, 3.63) is 75.7 Å². The Bertz CT molecular complexity index is 1090. The molecule has 2 aromatic carbocycles. The number of aromatic nitrogens is 1. The maximum absolute atomic E-state index is 13.0. The number of benzene rings is 2. The van der Waals surface area contributed by atoms with E-state index in [-0.39, 0.29) is 0 Å². The van der Waals surface area contributed by atoms with E-state index >= 15 is 0 Å². The standard InChI is InChI=1S/C22H16N2O4S/c1-13-12-29-21(24-13)16(10-23)17(25)11-27-22(26)20-14-6-2-4-8-18(14)28-19-9-5-3-7-15(19)20/h2-9,12,16,20H,11H2,1H3/t16-/m0/s1. The molecular formula is C22H16N2O4S. The largest absolute Gasteiger partial charge is 0.457 e. The molecule has 1 aromatic heterocycles. The third-order valence-electron chi connectivity index (χ3n) is 4.61. The predicted octanol–water partition coefficient (Wildman–Crippen LogP) is 4.11. The first-order valence-electron chi connectivity index (χ1n) is 8.95. The number of carbonyl (C=O) groups is 2. The fourth-order valence-electron chi connectivity index (χ4n) is 3.24. The summed E-state index contributed by atoms with van der Waals surface area (Å²) in [6.07, 6.45) is 0. The van der Waals surface area contributed by atoms with Crippen LogP contribution in [0, 0.1) is 18.3 Å². The Hall–Kier alpha value is -3.50. The number of hydrogen-bond donors (Lipinski definition) is 0. The van der Waals surface area contributed by atoms with E-state index in [2.05, 4.69) is 4.98 Å². The highest BCUT2D eigenvalue weighted by Gasteiger charge is 2.34. The minimum absolute atomic E-state index is 0.410. The molecule has 1 atom stereocenters. The summed E-state index contributed by atoms with van der Waals surface area (Å²) in [5, 5.41) is 11.6. The summed E-state index contributed by atoms with van der Waals surface area (Å²) < 4.78 is 11.2. The van der Waals surface area contributed by atoms with Crippen LogP contribution >= 0.6 is 11.3 Å². The first-order chi connectivity index (χ1) is 14.1. The van der Waals surface area contributed by atoms with Gasteiger partial charge in [-0.1, -0.05) is 36.4 Å². The van der Waals surface area contributed by atoms with Crippen LogP contribution in [-0.4, -0.2) is 23.3 Å². The van der Waals surface area contributed by atoms with E-state index < -0.39 is 30.2 Å².